The van der Waals surface area contributed by atoms with Crippen LogP contribution in [0.15, 0.2) is 46.9 Å². The molecule has 3 aromatic rings. The lowest BCUT2D eigenvalue weighted by Crippen LogP contribution is -2.25. The minimum Gasteiger partial charge on any atom is -0.480 e. The first-order valence-electron chi connectivity index (χ1n) is 7.58. The van der Waals surface area contributed by atoms with Gasteiger partial charge in [-0.25, -0.2) is 4.98 Å². The Kier molecular flexibility index (Phi) is 4.44. The number of benzene rings is 1. The summed E-state index contributed by atoms with van der Waals surface area (Å²) >= 11 is 1.09. The number of hydrogen-bond donors (Lipinski definition) is 2. The minimum atomic E-state index is -0.916. The van der Waals surface area contributed by atoms with Crippen molar-refractivity contribution in [2.45, 2.75) is 30.3 Å². The SMILES string of the molecule is C=CCn1c(SC(CC)C(=O)O)nc2c([nH]c3ccccc32)c1=O. The summed E-state index contributed by atoms with van der Waals surface area (Å²) in [6, 6.07) is 7.53. The van der Waals surface area contributed by atoms with Gasteiger partial charge in [-0.15, -0.1) is 6.58 Å². The highest BCUT2D eigenvalue weighted by molar-refractivity contribution is 8.00. The number of aromatic nitrogens is 3. The fourth-order valence-corrected chi connectivity index (χ4v) is 3.54. The largest absolute Gasteiger partial charge is 0.480 e. The van der Waals surface area contributed by atoms with Crippen LogP contribution in [0.3, 0.4) is 0 Å². The molecule has 0 amide bonds. The molecule has 0 saturated carbocycles. The third kappa shape index (κ3) is 2.71. The molecule has 0 fully saturated rings. The Balaban J connectivity index is 2.27. The Morgan fingerprint density at radius 2 is 2.25 bits per heavy atom. The molecule has 3 rings (SSSR count). The number of allylic oxidation sites excluding steroid dienone is 1. The smallest absolute Gasteiger partial charge is 0.317 e. The van der Waals surface area contributed by atoms with Crippen LogP contribution >= 0.6 is 11.8 Å². The first kappa shape index (κ1) is 16.3. The highest BCUT2D eigenvalue weighted by Crippen LogP contribution is 2.27. The summed E-state index contributed by atoms with van der Waals surface area (Å²) in [6.45, 7) is 5.74. The van der Waals surface area contributed by atoms with Crippen LogP contribution in [0.5, 0.6) is 0 Å². The molecule has 2 aromatic heterocycles. The maximum absolute atomic E-state index is 12.8. The van der Waals surface area contributed by atoms with Crippen LogP contribution in [-0.2, 0) is 11.3 Å². The molecule has 1 unspecified atom stereocenters. The summed E-state index contributed by atoms with van der Waals surface area (Å²) in [5.41, 5.74) is 1.60. The van der Waals surface area contributed by atoms with Gasteiger partial charge in [0.15, 0.2) is 5.16 Å². The van der Waals surface area contributed by atoms with E-state index in [4.69, 9.17) is 0 Å². The summed E-state index contributed by atoms with van der Waals surface area (Å²) in [5.74, 6) is -0.916. The predicted molar refractivity (Wildman–Crippen MR) is 95.6 cm³/mol. The Bertz CT molecular complexity index is 990. The standard InChI is InChI=1S/C17H17N3O3S/c1-3-9-20-15(21)14-13(10-7-5-6-8-11(10)18-14)19-17(20)24-12(4-2)16(22)23/h3,5-8,12,18H,1,4,9H2,2H3,(H,22,23). The topological polar surface area (TPSA) is 88.0 Å². The fraction of sp³-hybridized carbons (Fsp3) is 0.235. The summed E-state index contributed by atoms with van der Waals surface area (Å²) in [6.07, 6.45) is 2.04. The zero-order chi connectivity index (χ0) is 17.3. The van der Waals surface area contributed by atoms with Gasteiger partial charge in [-0.1, -0.05) is 43.0 Å². The number of para-hydroxylation sites is 1. The van der Waals surface area contributed by atoms with Crippen molar-refractivity contribution in [3.8, 4) is 0 Å². The molecule has 0 spiro atoms. The molecule has 1 aromatic carbocycles. The molecule has 2 N–H and O–H groups in total. The molecule has 0 aliphatic carbocycles. The number of carbonyl (C=O) groups is 1. The van der Waals surface area contributed by atoms with Crippen molar-refractivity contribution in [2.75, 3.05) is 0 Å². The van der Waals surface area contributed by atoms with Gasteiger partial charge >= 0.3 is 5.97 Å². The highest BCUT2D eigenvalue weighted by atomic mass is 32.2. The van der Waals surface area contributed by atoms with Gasteiger partial charge in [0.2, 0.25) is 0 Å². The molecule has 7 heteroatoms. The van der Waals surface area contributed by atoms with Crippen molar-refractivity contribution in [3.63, 3.8) is 0 Å². The number of fused-ring (bicyclic) bond motifs is 3. The van der Waals surface area contributed by atoms with Crippen molar-refractivity contribution in [3.05, 3.63) is 47.3 Å². The van der Waals surface area contributed by atoms with Gasteiger partial charge in [0.05, 0.1) is 0 Å². The van der Waals surface area contributed by atoms with Crippen LogP contribution in [0.25, 0.3) is 21.9 Å². The second-order valence-electron chi connectivity index (χ2n) is 5.35. The summed E-state index contributed by atoms with van der Waals surface area (Å²) in [7, 11) is 0. The maximum Gasteiger partial charge on any atom is 0.317 e. The number of hydrogen-bond acceptors (Lipinski definition) is 4. The van der Waals surface area contributed by atoms with Crippen LogP contribution in [-0.4, -0.2) is 30.9 Å². The molecule has 0 aliphatic heterocycles. The van der Waals surface area contributed by atoms with Gasteiger partial charge < -0.3 is 10.1 Å². The Morgan fingerprint density at radius 3 is 2.92 bits per heavy atom. The van der Waals surface area contributed by atoms with E-state index in [-0.39, 0.29) is 12.1 Å². The maximum atomic E-state index is 12.8. The summed E-state index contributed by atoms with van der Waals surface area (Å²) < 4.78 is 1.46. The quantitative estimate of drug-likeness (QED) is 0.408. The molecule has 24 heavy (non-hydrogen) atoms. The first-order chi connectivity index (χ1) is 11.6. The lowest BCUT2D eigenvalue weighted by molar-refractivity contribution is -0.136. The molecule has 0 bridgehead atoms. The van der Waals surface area contributed by atoms with E-state index in [1.165, 1.54) is 4.57 Å². The predicted octanol–water partition coefficient (Wildman–Crippen LogP) is 3.02. The van der Waals surface area contributed by atoms with Gasteiger partial charge in [-0.3, -0.25) is 14.2 Å². The third-order valence-corrected chi connectivity index (χ3v) is 5.12. The van der Waals surface area contributed by atoms with Gasteiger partial charge in [-0.05, 0) is 12.5 Å². The molecular weight excluding hydrogens is 326 g/mol. The van der Waals surface area contributed by atoms with Crippen molar-refractivity contribution in [1.29, 1.82) is 0 Å². The molecule has 2 heterocycles. The number of nitrogens with zero attached hydrogens (tertiary/aromatic N) is 2. The molecule has 0 radical (unpaired) electrons. The zero-order valence-electron chi connectivity index (χ0n) is 13.2. The van der Waals surface area contributed by atoms with E-state index in [1.54, 1.807) is 13.0 Å². The number of rotatable bonds is 6. The van der Waals surface area contributed by atoms with Crippen molar-refractivity contribution >= 4 is 39.7 Å². The average Bonchev–Trinajstić information content (AvgIpc) is 2.94. The van der Waals surface area contributed by atoms with Crippen LogP contribution in [0.2, 0.25) is 0 Å². The van der Waals surface area contributed by atoms with E-state index < -0.39 is 11.2 Å². The van der Waals surface area contributed by atoms with E-state index in [1.807, 2.05) is 24.3 Å². The number of aliphatic carboxylic acids is 1. The summed E-state index contributed by atoms with van der Waals surface area (Å²) in [5, 5.41) is 9.89. The lowest BCUT2D eigenvalue weighted by atomic mass is 10.2. The number of carboxylic acids is 1. The zero-order valence-corrected chi connectivity index (χ0v) is 14.0. The van der Waals surface area contributed by atoms with E-state index >= 15 is 0 Å². The van der Waals surface area contributed by atoms with Gasteiger partial charge in [0, 0.05) is 17.4 Å². The number of carboxylic acid groups (broad SMARTS) is 1. The Hall–Kier alpha value is -2.54. The van der Waals surface area contributed by atoms with E-state index in [0.717, 1.165) is 22.7 Å². The number of nitrogens with one attached hydrogen (secondary N) is 1. The minimum absolute atomic E-state index is 0.223. The summed E-state index contributed by atoms with van der Waals surface area (Å²) in [4.78, 5) is 31.9. The molecule has 1 atom stereocenters. The van der Waals surface area contributed by atoms with E-state index in [9.17, 15) is 14.7 Å². The van der Waals surface area contributed by atoms with Crippen LogP contribution < -0.4 is 5.56 Å². The molecule has 124 valence electrons. The van der Waals surface area contributed by atoms with Gasteiger partial charge in [0.25, 0.3) is 5.56 Å². The van der Waals surface area contributed by atoms with Crippen LogP contribution in [0.1, 0.15) is 13.3 Å². The number of thioether (sulfide) groups is 1. The van der Waals surface area contributed by atoms with Crippen LogP contribution in [0.4, 0.5) is 0 Å². The van der Waals surface area contributed by atoms with Crippen molar-refractivity contribution in [1.82, 2.24) is 14.5 Å². The number of H-pyrrole nitrogens is 1. The second-order valence-corrected chi connectivity index (χ2v) is 6.52. The molecule has 0 saturated heterocycles. The van der Waals surface area contributed by atoms with Crippen LogP contribution in [0, 0.1) is 0 Å². The van der Waals surface area contributed by atoms with E-state index in [2.05, 4.69) is 16.5 Å². The highest BCUT2D eigenvalue weighted by Gasteiger charge is 2.22. The van der Waals surface area contributed by atoms with Crippen molar-refractivity contribution < 1.29 is 9.90 Å². The Labute approximate surface area is 142 Å². The first-order valence-corrected chi connectivity index (χ1v) is 8.46. The molecule has 0 aliphatic rings. The second kappa shape index (κ2) is 6.52. The average molecular weight is 343 g/mol. The van der Waals surface area contributed by atoms with Crippen molar-refractivity contribution in [2.24, 2.45) is 0 Å². The van der Waals surface area contributed by atoms with E-state index in [0.29, 0.717) is 22.6 Å². The third-order valence-electron chi connectivity index (χ3n) is 3.78. The molecule has 6 nitrogen and oxygen atoms in total. The van der Waals surface area contributed by atoms with Gasteiger partial charge in [0.1, 0.15) is 16.3 Å². The Morgan fingerprint density at radius 1 is 1.50 bits per heavy atom. The monoisotopic (exact) mass is 343 g/mol. The molecular formula is C17H17N3O3S. The fourth-order valence-electron chi connectivity index (χ4n) is 2.59. The number of aromatic amines is 1. The van der Waals surface area contributed by atoms with Gasteiger partial charge in [-0.2, -0.15) is 0 Å². The normalized spacial score (nSPS) is 12.5. The lowest BCUT2D eigenvalue weighted by Gasteiger charge is -2.13.